The van der Waals surface area contributed by atoms with Gasteiger partial charge < -0.3 is 9.16 Å². The molecule has 9 atom stereocenters. The first-order valence-corrected chi connectivity index (χ1v) is 22.0. The number of carbonyl (C=O) groups excluding carboxylic acids is 2. The quantitative estimate of drug-likeness (QED) is 0.228. The molecule has 0 spiro atoms. The summed E-state index contributed by atoms with van der Waals surface area (Å²) in [6, 6.07) is 10.3. The number of Topliss-reactive ketones (excluding diaryl/α,β-unsaturated/α-hetero) is 1. The number of benzene rings is 1. The van der Waals surface area contributed by atoms with E-state index in [-0.39, 0.29) is 68.8 Å². The molecule has 4 rings (SSSR count). The summed E-state index contributed by atoms with van der Waals surface area (Å²) in [5.74, 6) is -1.13. The van der Waals surface area contributed by atoms with Gasteiger partial charge in [0.1, 0.15) is 0 Å². The summed E-state index contributed by atoms with van der Waals surface area (Å²) < 4.78 is 44.3. The van der Waals surface area contributed by atoms with Crippen molar-refractivity contribution in [2.24, 2.45) is 17.3 Å². The molecule has 48 heavy (non-hydrogen) atoms. The second-order valence-corrected chi connectivity index (χ2v) is 22.5. The van der Waals surface area contributed by atoms with Gasteiger partial charge in [0.25, 0.3) is 0 Å². The molecule has 10 nitrogen and oxygen atoms in total. The Kier molecular flexibility index (Phi) is 13.2. The van der Waals surface area contributed by atoms with E-state index in [4.69, 9.17) is 32.8 Å². The summed E-state index contributed by atoms with van der Waals surface area (Å²) in [6.07, 6.45) is -0.985. The fourth-order valence-corrected chi connectivity index (χ4v) is 9.64. The maximum absolute atomic E-state index is 13.5. The summed E-state index contributed by atoms with van der Waals surface area (Å²) in [5.41, 5.74) is -0.477. The first-order chi connectivity index (χ1) is 22.5. The van der Waals surface area contributed by atoms with Crippen LogP contribution in [0.3, 0.4) is 0 Å². The molecule has 2 saturated heterocycles. The summed E-state index contributed by atoms with van der Waals surface area (Å²) >= 11 is 0.230. The van der Waals surface area contributed by atoms with Crippen LogP contribution >= 0.6 is 0 Å². The van der Waals surface area contributed by atoms with E-state index in [1.807, 2.05) is 31.2 Å². The number of hydrogen-bond donors (Lipinski definition) is 1. The second kappa shape index (κ2) is 16.2. The SMILES string of the molecule is CO[C@@H](CO[Si](C)(C)C(C)(C)C)C[C@H]1O[C@H]2[C@H](OCO[C@@H]2NC(=O)C(=O)C2=C[C@@H](C[Se]c3ccccc3)[C@@H](C)[C@@H](C)O2)[C@@H](OC)C1(C)C. The molecule has 3 aliphatic heterocycles. The molecule has 0 aromatic heterocycles. The Morgan fingerprint density at radius 3 is 2.40 bits per heavy atom. The number of amides is 1. The monoisotopic (exact) mass is 755 g/mol. The number of hydrogen-bond acceptors (Lipinski definition) is 9. The van der Waals surface area contributed by atoms with Gasteiger partial charge in [-0.1, -0.05) is 34.6 Å². The molecule has 0 saturated carbocycles. The maximum atomic E-state index is 13.5. The van der Waals surface area contributed by atoms with Crippen LogP contribution < -0.4 is 9.78 Å². The molecule has 0 unspecified atom stereocenters. The van der Waals surface area contributed by atoms with Crippen LogP contribution in [0.1, 0.15) is 54.9 Å². The van der Waals surface area contributed by atoms with Crippen molar-refractivity contribution in [3.63, 3.8) is 0 Å². The van der Waals surface area contributed by atoms with Gasteiger partial charge in [-0.05, 0) is 18.1 Å². The van der Waals surface area contributed by atoms with E-state index < -0.39 is 43.9 Å². The number of nitrogens with one attached hydrogen (secondary N) is 1. The fourth-order valence-electron chi connectivity index (χ4n) is 6.23. The van der Waals surface area contributed by atoms with Crippen LogP contribution in [0.5, 0.6) is 0 Å². The first kappa shape index (κ1) is 39.2. The van der Waals surface area contributed by atoms with E-state index in [1.165, 1.54) is 4.46 Å². The number of ether oxygens (including phenoxy) is 6. The number of carbonyl (C=O) groups is 2. The van der Waals surface area contributed by atoms with Crippen LogP contribution in [-0.2, 0) is 42.4 Å². The van der Waals surface area contributed by atoms with Crippen LogP contribution in [0.2, 0.25) is 23.5 Å². The smallest absolute Gasteiger partial charge is 0.0548 e. The van der Waals surface area contributed by atoms with Crippen LogP contribution in [0.4, 0.5) is 0 Å². The van der Waals surface area contributed by atoms with Gasteiger partial charge in [-0.25, -0.2) is 0 Å². The molecule has 0 aliphatic carbocycles. The van der Waals surface area contributed by atoms with Crippen molar-refractivity contribution in [2.75, 3.05) is 27.6 Å². The van der Waals surface area contributed by atoms with Crippen LogP contribution in [0, 0.1) is 17.3 Å². The molecule has 2 fully saturated rings. The predicted octanol–water partition coefficient (Wildman–Crippen LogP) is 4.61. The van der Waals surface area contributed by atoms with Crippen molar-refractivity contribution >= 4 is 39.4 Å². The van der Waals surface area contributed by atoms with E-state index in [0.717, 1.165) is 5.32 Å². The Balaban J connectivity index is 1.46. The van der Waals surface area contributed by atoms with Gasteiger partial charge in [0.05, 0.1) is 12.7 Å². The molecule has 0 radical (unpaired) electrons. The number of ketones is 1. The Labute approximate surface area is 294 Å². The molecule has 1 N–H and O–H groups in total. The minimum absolute atomic E-state index is 0.0682. The van der Waals surface area contributed by atoms with Gasteiger partial charge in [0.2, 0.25) is 0 Å². The van der Waals surface area contributed by atoms with Crippen molar-refractivity contribution in [2.45, 2.75) is 121 Å². The average molecular weight is 755 g/mol. The normalized spacial score (nSPS) is 31.2. The van der Waals surface area contributed by atoms with Crippen LogP contribution in [0.15, 0.2) is 42.2 Å². The summed E-state index contributed by atoms with van der Waals surface area (Å²) in [5, 5.41) is 3.77. The van der Waals surface area contributed by atoms with E-state index in [2.05, 4.69) is 72.1 Å². The summed E-state index contributed by atoms with van der Waals surface area (Å²) in [4.78, 5) is 27.0. The van der Waals surface area contributed by atoms with Gasteiger partial charge in [0, 0.05) is 14.2 Å². The van der Waals surface area contributed by atoms with E-state index in [1.54, 1.807) is 14.2 Å². The van der Waals surface area contributed by atoms with Gasteiger partial charge in [-0.15, -0.1) is 0 Å². The van der Waals surface area contributed by atoms with Crippen LogP contribution in [-0.4, -0.2) is 105 Å². The average Bonchev–Trinajstić information content (AvgIpc) is 3.03. The van der Waals surface area contributed by atoms with Crippen molar-refractivity contribution in [1.29, 1.82) is 0 Å². The van der Waals surface area contributed by atoms with E-state index in [0.29, 0.717) is 13.0 Å². The third kappa shape index (κ3) is 9.00. The molecule has 0 bridgehead atoms. The molecule has 3 aliphatic rings. The Morgan fingerprint density at radius 2 is 1.77 bits per heavy atom. The minimum Gasteiger partial charge on any atom is -0.0548 e. The zero-order valence-electron chi connectivity index (χ0n) is 30.6. The standard InChI is InChI=1S/C36H57NO9SeSi/c1-22-23(2)45-27(17-24(22)20-47-26-15-13-12-14-16-26)29(38)33(39)37-34-31-30(42-21-43-34)32(41-9)36(6,7)28(46-31)18-25(40-8)19-44-48(10,11)35(3,4)5/h12-17,22-25,28,30-32,34H,18-21H2,1-11H3,(H,37,39)/t22-,23+,24-,25+,28+,30-,31-,32+,34-/m0/s1. The van der Waals surface area contributed by atoms with Crippen molar-refractivity contribution in [3.05, 3.63) is 42.2 Å². The number of allylic oxidation sites excluding steroid dienone is 1. The number of fused-ring (bicyclic) bond motifs is 1. The molecular formula is C36H57NO9SeSi. The van der Waals surface area contributed by atoms with Gasteiger partial charge in [-0.2, -0.15) is 0 Å². The molecule has 1 amide bonds. The Morgan fingerprint density at radius 1 is 1.08 bits per heavy atom. The molecule has 3 heterocycles. The van der Waals surface area contributed by atoms with E-state index in [9.17, 15) is 9.59 Å². The van der Waals surface area contributed by atoms with Gasteiger partial charge in [0.15, 0.2) is 8.32 Å². The van der Waals surface area contributed by atoms with Crippen LogP contribution in [0.25, 0.3) is 0 Å². The van der Waals surface area contributed by atoms with Gasteiger partial charge in [-0.3, -0.25) is 0 Å². The fraction of sp³-hybridized carbons (Fsp3) is 0.722. The number of rotatable bonds is 13. The topological polar surface area (TPSA) is 111 Å². The molecule has 1 aromatic carbocycles. The van der Waals surface area contributed by atoms with E-state index >= 15 is 0 Å². The second-order valence-electron chi connectivity index (χ2n) is 15.4. The summed E-state index contributed by atoms with van der Waals surface area (Å²) in [6.45, 7) is 19.7. The predicted molar refractivity (Wildman–Crippen MR) is 187 cm³/mol. The van der Waals surface area contributed by atoms with Gasteiger partial charge >= 0.3 is 198 Å². The molecule has 1 aromatic rings. The minimum atomic E-state index is -2.00. The molecule has 270 valence electrons. The van der Waals surface area contributed by atoms with Crippen molar-refractivity contribution < 1.29 is 42.4 Å². The third-order valence-electron chi connectivity index (χ3n) is 10.8. The Bertz CT molecular complexity index is 1270. The zero-order chi connectivity index (χ0) is 35.4. The Hall–Kier alpha value is -1.60. The molecule has 12 heteroatoms. The zero-order valence-corrected chi connectivity index (χ0v) is 33.3. The third-order valence-corrected chi connectivity index (χ3v) is 17.7. The summed E-state index contributed by atoms with van der Waals surface area (Å²) in [7, 11) is 1.34. The van der Waals surface area contributed by atoms with Crippen molar-refractivity contribution in [1.82, 2.24) is 5.32 Å². The molecular weight excluding hydrogens is 697 g/mol. The van der Waals surface area contributed by atoms with Crippen molar-refractivity contribution in [3.8, 4) is 0 Å². The first-order valence-electron chi connectivity index (χ1n) is 17.0. The number of methoxy groups -OCH3 is 2.